The molecule has 19 heavy (non-hydrogen) atoms. The number of hydrogen-bond acceptors (Lipinski definition) is 5. The van der Waals surface area contributed by atoms with Crippen molar-refractivity contribution < 1.29 is 9.59 Å². The van der Waals surface area contributed by atoms with E-state index in [4.69, 9.17) is 0 Å². The lowest BCUT2D eigenvalue weighted by Crippen LogP contribution is -2.49. The van der Waals surface area contributed by atoms with Crippen molar-refractivity contribution in [2.75, 3.05) is 39.8 Å². The number of aromatic nitrogens is 1. The van der Waals surface area contributed by atoms with E-state index >= 15 is 0 Å². The first-order valence-corrected chi connectivity index (χ1v) is 7.11. The maximum absolute atomic E-state index is 12.2. The van der Waals surface area contributed by atoms with Gasteiger partial charge in [0.25, 0.3) is 5.91 Å². The Morgan fingerprint density at radius 1 is 1.47 bits per heavy atom. The molecule has 0 atom stereocenters. The van der Waals surface area contributed by atoms with E-state index in [0.717, 1.165) is 18.8 Å². The molecule has 1 aliphatic heterocycles. The van der Waals surface area contributed by atoms with Crippen molar-refractivity contribution in [2.45, 2.75) is 6.92 Å². The fraction of sp³-hybridized carbons (Fsp3) is 0.583. The first-order chi connectivity index (χ1) is 9.09. The van der Waals surface area contributed by atoms with Gasteiger partial charge in [0.2, 0.25) is 5.91 Å². The SMILES string of the molecule is Cc1ncsc1C(=O)N(C)CC(=O)N1CCNCC1. The summed E-state index contributed by atoms with van der Waals surface area (Å²) in [5, 5.41) is 3.19. The summed E-state index contributed by atoms with van der Waals surface area (Å²) >= 11 is 1.31. The topological polar surface area (TPSA) is 65.5 Å². The van der Waals surface area contributed by atoms with E-state index < -0.39 is 0 Å². The molecule has 0 spiro atoms. The van der Waals surface area contributed by atoms with Crippen LogP contribution in [0.3, 0.4) is 0 Å². The molecule has 1 aromatic rings. The standard InChI is InChI=1S/C12H18N4O2S/c1-9-11(19-8-14-9)12(18)15(2)7-10(17)16-5-3-13-4-6-16/h8,13H,3-7H2,1-2H3. The van der Waals surface area contributed by atoms with Gasteiger partial charge >= 0.3 is 0 Å². The van der Waals surface area contributed by atoms with Gasteiger partial charge in [-0.25, -0.2) is 4.98 Å². The summed E-state index contributed by atoms with van der Waals surface area (Å²) in [5.74, 6) is -0.136. The van der Waals surface area contributed by atoms with Crippen molar-refractivity contribution >= 4 is 23.2 Å². The molecule has 104 valence electrons. The molecule has 0 saturated carbocycles. The van der Waals surface area contributed by atoms with Crippen LogP contribution >= 0.6 is 11.3 Å². The quantitative estimate of drug-likeness (QED) is 0.844. The third-order valence-electron chi connectivity index (χ3n) is 3.13. The molecule has 0 aromatic carbocycles. The van der Waals surface area contributed by atoms with Crippen molar-refractivity contribution in [1.29, 1.82) is 0 Å². The summed E-state index contributed by atoms with van der Waals surface area (Å²) < 4.78 is 0. The van der Waals surface area contributed by atoms with Crippen LogP contribution in [0.1, 0.15) is 15.4 Å². The third kappa shape index (κ3) is 3.30. The molecule has 0 bridgehead atoms. The molecule has 7 heteroatoms. The van der Waals surface area contributed by atoms with Gasteiger partial charge in [-0.15, -0.1) is 11.3 Å². The number of aryl methyl sites for hydroxylation is 1. The number of hydrogen-bond donors (Lipinski definition) is 1. The van der Waals surface area contributed by atoms with Crippen molar-refractivity contribution in [3.8, 4) is 0 Å². The summed E-state index contributed by atoms with van der Waals surface area (Å²) in [6.45, 7) is 4.97. The van der Waals surface area contributed by atoms with Crippen LogP contribution in [0.15, 0.2) is 5.51 Å². The van der Waals surface area contributed by atoms with Gasteiger partial charge in [-0.3, -0.25) is 9.59 Å². The predicted octanol–water partition coefficient (Wildman–Crippen LogP) is -0.0447. The van der Waals surface area contributed by atoms with E-state index in [1.807, 2.05) is 0 Å². The number of likely N-dealkylation sites (N-methyl/N-ethyl adjacent to an activating group) is 1. The summed E-state index contributed by atoms with van der Waals surface area (Å²) in [7, 11) is 1.65. The minimum atomic E-state index is -0.136. The average Bonchev–Trinajstić information content (AvgIpc) is 2.85. The number of nitrogens with zero attached hydrogens (tertiary/aromatic N) is 3. The van der Waals surface area contributed by atoms with Crippen molar-refractivity contribution in [2.24, 2.45) is 0 Å². The Morgan fingerprint density at radius 2 is 2.16 bits per heavy atom. The van der Waals surface area contributed by atoms with Gasteiger partial charge < -0.3 is 15.1 Å². The second-order valence-corrected chi connectivity index (χ2v) is 5.41. The highest BCUT2D eigenvalue weighted by molar-refractivity contribution is 7.11. The Bertz CT molecular complexity index is 468. The number of carbonyl (C=O) groups is 2. The Morgan fingerprint density at radius 3 is 2.74 bits per heavy atom. The van der Waals surface area contributed by atoms with Crippen molar-refractivity contribution in [3.63, 3.8) is 0 Å². The van der Waals surface area contributed by atoms with E-state index in [2.05, 4.69) is 10.3 Å². The number of amides is 2. The van der Waals surface area contributed by atoms with Crippen LogP contribution < -0.4 is 5.32 Å². The Labute approximate surface area is 116 Å². The largest absolute Gasteiger partial charge is 0.339 e. The fourth-order valence-corrected chi connectivity index (χ4v) is 2.77. The summed E-state index contributed by atoms with van der Waals surface area (Å²) in [6.07, 6.45) is 0. The lowest BCUT2D eigenvalue weighted by atomic mass is 10.3. The number of thiazole rings is 1. The van der Waals surface area contributed by atoms with Gasteiger partial charge in [-0.1, -0.05) is 0 Å². The minimum absolute atomic E-state index is 0.000446. The van der Waals surface area contributed by atoms with E-state index in [0.29, 0.717) is 18.0 Å². The fourth-order valence-electron chi connectivity index (χ4n) is 1.97. The molecule has 0 radical (unpaired) electrons. The lowest BCUT2D eigenvalue weighted by Gasteiger charge is -2.29. The van der Waals surface area contributed by atoms with Crippen LogP contribution in [0.2, 0.25) is 0 Å². The highest BCUT2D eigenvalue weighted by Crippen LogP contribution is 2.14. The van der Waals surface area contributed by atoms with Gasteiger partial charge in [-0.2, -0.15) is 0 Å². The maximum atomic E-state index is 12.2. The highest BCUT2D eigenvalue weighted by atomic mass is 32.1. The normalized spacial score (nSPS) is 15.4. The Balaban J connectivity index is 1.93. The molecular weight excluding hydrogens is 264 g/mol. The van der Waals surface area contributed by atoms with E-state index in [1.165, 1.54) is 16.2 Å². The molecule has 0 aliphatic carbocycles. The summed E-state index contributed by atoms with van der Waals surface area (Å²) in [4.78, 5) is 32.1. The number of piperazine rings is 1. The second-order valence-electron chi connectivity index (χ2n) is 4.56. The van der Waals surface area contributed by atoms with Gasteiger partial charge in [0.05, 0.1) is 17.7 Å². The van der Waals surface area contributed by atoms with Crippen molar-refractivity contribution in [3.05, 3.63) is 16.1 Å². The van der Waals surface area contributed by atoms with Crippen LogP contribution in [0.5, 0.6) is 0 Å². The number of rotatable bonds is 3. The first-order valence-electron chi connectivity index (χ1n) is 6.23. The molecule has 2 rings (SSSR count). The molecule has 2 amide bonds. The smallest absolute Gasteiger partial charge is 0.266 e. The van der Waals surface area contributed by atoms with Gasteiger partial charge in [0.1, 0.15) is 4.88 Å². The third-order valence-corrected chi connectivity index (χ3v) is 4.05. The minimum Gasteiger partial charge on any atom is -0.339 e. The number of carbonyl (C=O) groups excluding carboxylic acids is 2. The van der Waals surface area contributed by atoms with Gasteiger partial charge in [0.15, 0.2) is 0 Å². The van der Waals surface area contributed by atoms with Crippen LogP contribution in [0.25, 0.3) is 0 Å². The molecule has 1 aliphatic rings. The van der Waals surface area contributed by atoms with Crippen molar-refractivity contribution in [1.82, 2.24) is 20.1 Å². The lowest BCUT2D eigenvalue weighted by molar-refractivity contribution is -0.132. The molecule has 1 saturated heterocycles. The summed E-state index contributed by atoms with van der Waals surface area (Å²) in [6, 6.07) is 0. The zero-order valence-corrected chi connectivity index (χ0v) is 12.0. The van der Waals surface area contributed by atoms with Crippen LogP contribution in [-0.4, -0.2) is 66.4 Å². The van der Waals surface area contributed by atoms with Crippen LogP contribution in [0, 0.1) is 6.92 Å². The Kier molecular flexibility index (Phi) is 4.49. The molecule has 1 aromatic heterocycles. The Hall–Kier alpha value is -1.47. The predicted molar refractivity (Wildman–Crippen MR) is 73.3 cm³/mol. The zero-order valence-electron chi connectivity index (χ0n) is 11.2. The van der Waals surface area contributed by atoms with Crippen LogP contribution in [-0.2, 0) is 4.79 Å². The summed E-state index contributed by atoms with van der Waals surface area (Å²) in [5.41, 5.74) is 2.37. The molecule has 0 unspecified atom stereocenters. The van der Waals surface area contributed by atoms with Crippen LogP contribution in [0.4, 0.5) is 0 Å². The van der Waals surface area contributed by atoms with E-state index in [9.17, 15) is 9.59 Å². The van der Waals surface area contributed by atoms with E-state index in [1.54, 1.807) is 24.4 Å². The highest BCUT2D eigenvalue weighted by Gasteiger charge is 2.22. The molecular formula is C12H18N4O2S. The second kappa shape index (κ2) is 6.12. The first kappa shape index (κ1) is 14.0. The van der Waals surface area contributed by atoms with Gasteiger partial charge in [0, 0.05) is 33.2 Å². The zero-order chi connectivity index (χ0) is 13.8. The molecule has 1 N–H and O–H groups in total. The number of nitrogens with one attached hydrogen (secondary N) is 1. The van der Waals surface area contributed by atoms with E-state index in [-0.39, 0.29) is 18.4 Å². The molecule has 6 nitrogen and oxygen atoms in total. The van der Waals surface area contributed by atoms with Gasteiger partial charge in [-0.05, 0) is 6.92 Å². The molecule has 1 fully saturated rings. The maximum Gasteiger partial charge on any atom is 0.266 e. The average molecular weight is 282 g/mol. The molecule has 2 heterocycles. The monoisotopic (exact) mass is 282 g/mol.